The molecule has 0 aliphatic heterocycles. The minimum atomic E-state index is -1.11. The Morgan fingerprint density at radius 2 is 1.84 bits per heavy atom. The zero-order chi connectivity index (χ0) is 18.4. The number of anilines is 1. The fourth-order valence-corrected chi connectivity index (χ4v) is 1.91. The molecule has 0 fully saturated rings. The predicted molar refractivity (Wildman–Crippen MR) is 88.9 cm³/mol. The Kier molecular flexibility index (Phi) is 5.75. The summed E-state index contributed by atoms with van der Waals surface area (Å²) < 4.78 is 12.8. The van der Waals surface area contributed by atoms with Gasteiger partial charge in [0, 0.05) is 16.8 Å². The van der Waals surface area contributed by atoms with Crippen LogP contribution in [0.4, 0.5) is 15.8 Å². The van der Waals surface area contributed by atoms with Gasteiger partial charge in [-0.2, -0.15) is 5.10 Å². The second kappa shape index (κ2) is 7.97. The number of hydrogen-bond acceptors (Lipinski definition) is 5. The van der Waals surface area contributed by atoms with Crippen molar-refractivity contribution >= 4 is 41.0 Å². The smallest absolute Gasteiger partial charge is 0.318 e. The molecule has 2 rings (SSSR count). The van der Waals surface area contributed by atoms with E-state index in [0.717, 1.165) is 18.3 Å². The van der Waals surface area contributed by atoms with Crippen LogP contribution in [0.1, 0.15) is 5.56 Å². The fraction of sp³-hybridized carbons (Fsp3) is 0. The van der Waals surface area contributed by atoms with E-state index in [0.29, 0.717) is 0 Å². The van der Waals surface area contributed by atoms with Crippen LogP contribution in [-0.4, -0.2) is 23.0 Å². The van der Waals surface area contributed by atoms with E-state index in [1.807, 2.05) is 5.43 Å². The molecule has 8 nitrogen and oxygen atoms in total. The molecule has 0 radical (unpaired) electrons. The summed E-state index contributed by atoms with van der Waals surface area (Å²) in [6, 6.07) is 8.60. The zero-order valence-corrected chi connectivity index (χ0v) is 13.2. The maximum absolute atomic E-state index is 12.8. The van der Waals surface area contributed by atoms with E-state index >= 15 is 0 Å². The topological polar surface area (TPSA) is 114 Å². The van der Waals surface area contributed by atoms with E-state index in [9.17, 15) is 24.1 Å². The van der Waals surface area contributed by atoms with E-state index in [4.69, 9.17) is 11.6 Å². The summed E-state index contributed by atoms with van der Waals surface area (Å²) in [7, 11) is 0. The molecule has 0 aliphatic rings. The third-order valence-corrected chi connectivity index (χ3v) is 3.10. The second-order valence-electron chi connectivity index (χ2n) is 4.62. The Morgan fingerprint density at radius 3 is 2.48 bits per heavy atom. The molecule has 128 valence electrons. The highest BCUT2D eigenvalue weighted by molar-refractivity contribution is 6.39. The van der Waals surface area contributed by atoms with Crippen LogP contribution in [0.2, 0.25) is 5.02 Å². The van der Waals surface area contributed by atoms with Crippen LogP contribution in [0.25, 0.3) is 0 Å². The van der Waals surface area contributed by atoms with Gasteiger partial charge in [0.25, 0.3) is 5.69 Å². The van der Waals surface area contributed by atoms with E-state index in [2.05, 4.69) is 10.4 Å². The van der Waals surface area contributed by atoms with Crippen molar-refractivity contribution in [3.8, 4) is 0 Å². The first-order chi connectivity index (χ1) is 11.9. The van der Waals surface area contributed by atoms with Crippen molar-refractivity contribution in [1.29, 1.82) is 0 Å². The summed E-state index contributed by atoms with van der Waals surface area (Å²) in [5, 5.41) is 16.9. The quantitative estimate of drug-likeness (QED) is 0.375. The maximum Gasteiger partial charge on any atom is 0.329 e. The largest absolute Gasteiger partial charge is 0.329 e. The molecule has 0 atom stereocenters. The Bertz CT molecular complexity index is 855. The van der Waals surface area contributed by atoms with Crippen molar-refractivity contribution in [2.45, 2.75) is 0 Å². The average Bonchev–Trinajstić information content (AvgIpc) is 2.56. The van der Waals surface area contributed by atoms with Crippen molar-refractivity contribution in [2.75, 3.05) is 5.32 Å². The van der Waals surface area contributed by atoms with Gasteiger partial charge in [0.15, 0.2) is 0 Å². The number of nitro groups is 1. The van der Waals surface area contributed by atoms with Crippen LogP contribution in [0, 0.1) is 15.9 Å². The zero-order valence-electron chi connectivity index (χ0n) is 12.4. The molecule has 2 aromatic carbocycles. The molecule has 0 unspecified atom stereocenters. The molecule has 0 saturated carbocycles. The van der Waals surface area contributed by atoms with Crippen LogP contribution in [-0.2, 0) is 9.59 Å². The normalized spacial score (nSPS) is 10.5. The molecule has 2 N–H and O–H groups in total. The Labute approximate surface area is 145 Å². The number of hydrazone groups is 1. The number of carbonyl (C=O) groups is 2. The van der Waals surface area contributed by atoms with Gasteiger partial charge in [-0.3, -0.25) is 19.7 Å². The van der Waals surface area contributed by atoms with Gasteiger partial charge < -0.3 is 5.32 Å². The monoisotopic (exact) mass is 364 g/mol. The van der Waals surface area contributed by atoms with Gasteiger partial charge in [0.05, 0.1) is 16.7 Å². The van der Waals surface area contributed by atoms with Crippen molar-refractivity contribution < 1.29 is 18.9 Å². The van der Waals surface area contributed by atoms with Crippen molar-refractivity contribution in [3.63, 3.8) is 0 Å². The summed E-state index contributed by atoms with van der Waals surface area (Å²) in [5.74, 6) is -2.63. The number of nitrogens with one attached hydrogen (secondary N) is 2. The van der Waals surface area contributed by atoms with Gasteiger partial charge in [-0.05, 0) is 36.4 Å². The molecule has 0 aliphatic carbocycles. The van der Waals surface area contributed by atoms with E-state index in [1.165, 1.54) is 30.3 Å². The van der Waals surface area contributed by atoms with E-state index in [1.54, 1.807) is 0 Å². The second-order valence-corrected chi connectivity index (χ2v) is 5.06. The van der Waals surface area contributed by atoms with Crippen molar-refractivity contribution in [1.82, 2.24) is 5.43 Å². The summed E-state index contributed by atoms with van der Waals surface area (Å²) in [5.41, 5.74) is 1.93. The lowest BCUT2D eigenvalue weighted by Gasteiger charge is -2.03. The SMILES string of the molecule is O=C(NN=Cc1cc(Cl)ccc1[N+](=O)[O-])C(=O)Nc1ccc(F)cc1. The standard InChI is InChI=1S/C15H10ClFN4O4/c16-10-1-6-13(21(24)25)9(7-10)8-18-20-15(23)14(22)19-12-4-2-11(17)3-5-12/h1-8H,(H,19,22)(H,20,23). The first-order valence-corrected chi connectivity index (χ1v) is 7.08. The highest BCUT2D eigenvalue weighted by atomic mass is 35.5. The lowest BCUT2D eigenvalue weighted by Crippen LogP contribution is -2.32. The van der Waals surface area contributed by atoms with Crippen molar-refractivity contribution in [3.05, 3.63) is 69.0 Å². The molecule has 0 spiro atoms. The molecule has 25 heavy (non-hydrogen) atoms. The Hall–Kier alpha value is -3.33. The molecule has 0 saturated heterocycles. The fourth-order valence-electron chi connectivity index (χ4n) is 1.73. The highest BCUT2D eigenvalue weighted by Crippen LogP contribution is 2.20. The summed E-state index contributed by atoms with van der Waals surface area (Å²) in [6.07, 6.45) is 0.993. The number of nitrogens with zero attached hydrogens (tertiary/aromatic N) is 2. The number of halogens is 2. The van der Waals surface area contributed by atoms with Gasteiger partial charge >= 0.3 is 11.8 Å². The number of benzene rings is 2. The molecule has 0 heterocycles. The van der Waals surface area contributed by atoms with Crippen LogP contribution < -0.4 is 10.7 Å². The summed E-state index contributed by atoms with van der Waals surface area (Å²) in [6.45, 7) is 0. The van der Waals surface area contributed by atoms with E-state index < -0.39 is 22.6 Å². The number of hydrogen-bond donors (Lipinski definition) is 2. The van der Waals surface area contributed by atoms with E-state index in [-0.39, 0.29) is 22.0 Å². The Balaban J connectivity index is 2.00. The third-order valence-electron chi connectivity index (χ3n) is 2.86. The first-order valence-electron chi connectivity index (χ1n) is 6.70. The number of amides is 2. The molecule has 2 aromatic rings. The van der Waals surface area contributed by atoms with Crippen LogP contribution in [0.3, 0.4) is 0 Å². The Morgan fingerprint density at radius 1 is 1.16 bits per heavy atom. The first kappa shape index (κ1) is 18.0. The predicted octanol–water partition coefficient (Wildman–Crippen LogP) is 2.48. The molecular weight excluding hydrogens is 355 g/mol. The van der Waals surface area contributed by atoms with Gasteiger partial charge in [-0.25, -0.2) is 9.82 Å². The van der Waals surface area contributed by atoms with Gasteiger partial charge in [-0.1, -0.05) is 11.6 Å². The van der Waals surface area contributed by atoms with Gasteiger partial charge in [-0.15, -0.1) is 0 Å². The van der Waals surface area contributed by atoms with Gasteiger partial charge in [0.2, 0.25) is 0 Å². The lowest BCUT2D eigenvalue weighted by atomic mass is 10.2. The van der Waals surface area contributed by atoms with Gasteiger partial charge in [0.1, 0.15) is 5.82 Å². The molecule has 10 heteroatoms. The molecular formula is C15H10ClFN4O4. The highest BCUT2D eigenvalue weighted by Gasteiger charge is 2.14. The number of rotatable bonds is 4. The van der Waals surface area contributed by atoms with Crippen LogP contribution in [0.15, 0.2) is 47.6 Å². The summed E-state index contributed by atoms with van der Waals surface area (Å²) >= 11 is 5.75. The third kappa shape index (κ3) is 5.08. The minimum absolute atomic E-state index is 0.0525. The van der Waals surface area contributed by atoms with Crippen molar-refractivity contribution in [2.24, 2.45) is 5.10 Å². The lowest BCUT2D eigenvalue weighted by molar-refractivity contribution is -0.385. The average molecular weight is 365 g/mol. The number of nitro benzene ring substituents is 1. The minimum Gasteiger partial charge on any atom is -0.318 e. The van der Waals surface area contributed by atoms with Crippen LogP contribution >= 0.6 is 11.6 Å². The molecule has 2 amide bonds. The summed E-state index contributed by atoms with van der Waals surface area (Å²) in [4.78, 5) is 33.5. The molecule has 0 aromatic heterocycles. The number of carbonyl (C=O) groups excluding carboxylic acids is 2. The maximum atomic E-state index is 12.8. The van der Waals surface area contributed by atoms with Crippen LogP contribution in [0.5, 0.6) is 0 Å². The molecule has 0 bridgehead atoms.